The number of hydrogen-bond donors (Lipinski definition) is 1. The number of ether oxygens (including phenoxy) is 2. The highest BCUT2D eigenvalue weighted by Crippen LogP contribution is 2.30. The summed E-state index contributed by atoms with van der Waals surface area (Å²) in [7, 11) is 0. The Morgan fingerprint density at radius 1 is 1.00 bits per heavy atom. The van der Waals surface area contributed by atoms with Gasteiger partial charge in [-0.1, -0.05) is 13.8 Å². The predicted molar refractivity (Wildman–Crippen MR) is 97.3 cm³/mol. The van der Waals surface area contributed by atoms with Gasteiger partial charge in [-0.2, -0.15) is 0 Å². The summed E-state index contributed by atoms with van der Waals surface area (Å²) in [5.41, 5.74) is 0. The zero-order valence-electron chi connectivity index (χ0n) is 16.3. The lowest BCUT2D eigenvalue weighted by Gasteiger charge is -2.35. The van der Waals surface area contributed by atoms with E-state index in [9.17, 15) is 9.59 Å². The fourth-order valence-electron chi connectivity index (χ4n) is 3.78. The topological polar surface area (TPSA) is 64.6 Å². The molecule has 2 rings (SSSR count). The molecule has 0 atom stereocenters. The van der Waals surface area contributed by atoms with Gasteiger partial charge >= 0.3 is 0 Å². The molecule has 1 amide bonds. The van der Waals surface area contributed by atoms with Crippen LogP contribution in [0, 0.1) is 11.8 Å². The normalized spacial score (nSPS) is 29.5. The molecule has 1 N–H and O–H groups in total. The molecule has 0 spiro atoms. The minimum atomic E-state index is 0.0391. The maximum absolute atomic E-state index is 12.0. The lowest BCUT2D eigenvalue weighted by atomic mass is 9.75. The van der Waals surface area contributed by atoms with Crippen LogP contribution in [0.3, 0.4) is 0 Å². The second-order valence-electron chi connectivity index (χ2n) is 8.19. The van der Waals surface area contributed by atoms with Crippen LogP contribution in [0.1, 0.15) is 72.6 Å². The van der Waals surface area contributed by atoms with Crippen LogP contribution in [-0.4, -0.2) is 42.7 Å². The molecule has 0 saturated heterocycles. The van der Waals surface area contributed by atoms with Crippen molar-refractivity contribution in [3.05, 3.63) is 0 Å². The first-order valence-electron chi connectivity index (χ1n) is 9.95. The zero-order valence-corrected chi connectivity index (χ0v) is 16.3. The number of rotatable bonds is 9. The summed E-state index contributed by atoms with van der Waals surface area (Å²) < 4.78 is 11.7. The Hall–Kier alpha value is -0.940. The van der Waals surface area contributed by atoms with Gasteiger partial charge in [0.25, 0.3) is 0 Å². The van der Waals surface area contributed by atoms with Crippen molar-refractivity contribution in [3.8, 4) is 0 Å². The molecule has 5 nitrogen and oxygen atoms in total. The summed E-state index contributed by atoms with van der Waals surface area (Å²) in [5.74, 6) is 0.601. The average Bonchev–Trinajstić information content (AvgIpc) is 2.51. The summed E-state index contributed by atoms with van der Waals surface area (Å²) >= 11 is 0. The smallest absolute Gasteiger partial charge is 0.222 e. The van der Waals surface area contributed by atoms with E-state index in [1.165, 1.54) is 0 Å². The van der Waals surface area contributed by atoms with Crippen molar-refractivity contribution in [1.29, 1.82) is 0 Å². The SMILES string of the molecule is CC(C)O[C@H]1CC[C@@H](OCCC(=O)N[C@H]2C[C@H](C(=O)C(C)C)C2)CC1. The lowest BCUT2D eigenvalue weighted by Crippen LogP contribution is -2.47. The molecule has 144 valence electrons. The Balaban J connectivity index is 1.52. The van der Waals surface area contributed by atoms with Crippen molar-refractivity contribution in [2.24, 2.45) is 11.8 Å². The Bertz CT molecular complexity index is 435. The van der Waals surface area contributed by atoms with Gasteiger partial charge < -0.3 is 14.8 Å². The van der Waals surface area contributed by atoms with Crippen LogP contribution in [0.15, 0.2) is 0 Å². The van der Waals surface area contributed by atoms with Crippen molar-refractivity contribution in [1.82, 2.24) is 5.32 Å². The molecule has 0 bridgehead atoms. The number of ketones is 1. The Labute approximate surface area is 152 Å². The summed E-state index contributed by atoms with van der Waals surface area (Å²) in [6, 6.07) is 0.170. The molecule has 0 aromatic rings. The minimum absolute atomic E-state index is 0.0391. The largest absolute Gasteiger partial charge is 0.378 e. The molecular formula is C20H35NO4. The van der Waals surface area contributed by atoms with E-state index in [-0.39, 0.29) is 36.0 Å². The van der Waals surface area contributed by atoms with E-state index in [1.54, 1.807) is 0 Å². The molecule has 25 heavy (non-hydrogen) atoms. The van der Waals surface area contributed by atoms with Gasteiger partial charge in [0.2, 0.25) is 5.91 Å². The van der Waals surface area contributed by atoms with Crippen molar-refractivity contribution < 1.29 is 19.1 Å². The zero-order chi connectivity index (χ0) is 18.4. The van der Waals surface area contributed by atoms with Crippen molar-refractivity contribution in [2.45, 2.75) is 97.0 Å². The maximum atomic E-state index is 12.0. The van der Waals surface area contributed by atoms with E-state index in [0.29, 0.717) is 24.9 Å². The van der Waals surface area contributed by atoms with E-state index in [1.807, 2.05) is 13.8 Å². The van der Waals surface area contributed by atoms with Gasteiger partial charge in [-0.25, -0.2) is 0 Å². The summed E-state index contributed by atoms with van der Waals surface area (Å²) in [6.45, 7) is 8.50. The van der Waals surface area contributed by atoms with E-state index >= 15 is 0 Å². The molecule has 0 aromatic carbocycles. The molecule has 0 aliphatic heterocycles. The molecule has 5 heteroatoms. The summed E-state index contributed by atoms with van der Waals surface area (Å²) in [4.78, 5) is 23.8. The first-order chi connectivity index (χ1) is 11.8. The summed E-state index contributed by atoms with van der Waals surface area (Å²) in [6.07, 6.45) is 7.02. The molecular weight excluding hydrogens is 318 g/mol. The Kier molecular flexibility index (Phi) is 7.88. The average molecular weight is 354 g/mol. The molecule has 2 saturated carbocycles. The van der Waals surface area contributed by atoms with Crippen LogP contribution in [0.2, 0.25) is 0 Å². The van der Waals surface area contributed by atoms with E-state index in [4.69, 9.17) is 9.47 Å². The molecule has 0 aromatic heterocycles. The Morgan fingerprint density at radius 2 is 1.60 bits per heavy atom. The molecule has 0 unspecified atom stereocenters. The van der Waals surface area contributed by atoms with Crippen LogP contribution >= 0.6 is 0 Å². The maximum Gasteiger partial charge on any atom is 0.222 e. The first kappa shape index (κ1) is 20.4. The van der Waals surface area contributed by atoms with Gasteiger partial charge in [0.1, 0.15) is 5.78 Å². The van der Waals surface area contributed by atoms with Gasteiger partial charge in [-0.15, -0.1) is 0 Å². The number of amides is 1. The van der Waals surface area contributed by atoms with Crippen LogP contribution in [-0.2, 0) is 19.1 Å². The fourth-order valence-corrected chi connectivity index (χ4v) is 3.78. The molecule has 2 aliphatic carbocycles. The highest BCUT2D eigenvalue weighted by Gasteiger charge is 2.35. The van der Waals surface area contributed by atoms with Gasteiger partial charge in [0, 0.05) is 24.3 Å². The van der Waals surface area contributed by atoms with Gasteiger partial charge in [0.15, 0.2) is 0 Å². The van der Waals surface area contributed by atoms with Crippen LogP contribution in [0.5, 0.6) is 0 Å². The van der Waals surface area contributed by atoms with Crippen molar-refractivity contribution in [2.75, 3.05) is 6.61 Å². The molecule has 0 radical (unpaired) electrons. The highest BCUT2D eigenvalue weighted by molar-refractivity contribution is 5.84. The third kappa shape index (κ3) is 6.70. The first-order valence-corrected chi connectivity index (χ1v) is 9.95. The lowest BCUT2D eigenvalue weighted by molar-refractivity contribution is -0.131. The monoisotopic (exact) mass is 353 g/mol. The standard InChI is InChI=1S/C20H35NO4/c1-13(2)20(23)15-11-16(12-15)21-19(22)9-10-24-17-5-7-18(8-6-17)25-14(3)4/h13-18H,5-12H2,1-4H3,(H,21,22)/t15-,16-,17-,18+. The quantitative estimate of drug-likeness (QED) is 0.691. The highest BCUT2D eigenvalue weighted by atomic mass is 16.5. The Morgan fingerprint density at radius 3 is 2.16 bits per heavy atom. The predicted octanol–water partition coefficient (Wildman–Crippen LogP) is 3.25. The van der Waals surface area contributed by atoms with Crippen molar-refractivity contribution >= 4 is 11.7 Å². The second-order valence-corrected chi connectivity index (χ2v) is 8.19. The third-order valence-corrected chi connectivity index (χ3v) is 5.24. The third-order valence-electron chi connectivity index (χ3n) is 5.24. The molecule has 0 heterocycles. The number of hydrogen-bond acceptors (Lipinski definition) is 4. The van der Waals surface area contributed by atoms with Gasteiger partial charge in [0.05, 0.1) is 24.9 Å². The fraction of sp³-hybridized carbons (Fsp3) is 0.900. The minimum Gasteiger partial charge on any atom is -0.378 e. The molecule has 2 aliphatic rings. The van der Waals surface area contributed by atoms with Gasteiger partial charge in [-0.3, -0.25) is 9.59 Å². The second kappa shape index (κ2) is 9.67. The van der Waals surface area contributed by atoms with Crippen LogP contribution in [0.4, 0.5) is 0 Å². The number of Topliss-reactive ketones (excluding diaryl/α,β-unsaturated/α-hetero) is 1. The van der Waals surface area contributed by atoms with E-state index < -0.39 is 0 Å². The number of carbonyl (C=O) groups excluding carboxylic acids is 2. The van der Waals surface area contributed by atoms with E-state index in [2.05, 4.69) is 19.2 Å². The van der Waals surface area contributed by atoms with E-state index in [0.717, 1.165) is 38.5 Å². The summed E-state index contributed by atoms with van der Waals surface area (Å²) in [5, 5.41) is 3.02. The van der Waals surface area contributed by atoms with Crippen LogP contribution in [0.25, 0.3) is 0 Å². The van der Waals surface area contributed by atoms with Crippen LogP contribution < -0.4 is 5.32 Å². The number of carbonyl (C=O) groups is 2. The number of nitrogens with one attached hydrogen (secondary N) is 1. The molecule has 2 fully saturated rings. The van der Waals surface area contributed by atoms with Gasteiger partial charge in [-0.05, 0) is 52.4 Å². The van der Waals surface area contributed by atoms with Crippen molar-refractivity contribution in [3.63, 3.8) is 0 Å².